The van der Waals surface area contributed by atoms with Crippen molar-refractivity contribution in [1.29, 1.82) is 0 Å². The number of alkyl halides is 3. The van der Waals surface area contributed by atoms with Gasteiger partial charge in [0.25, 0.3) is 0 Å². The molecule has 0 saturated carbocycles. The fourth-order valence-electron chi connectivity index (χ4n) is 4.27. The first-order valence-corrected chi connectivity index (χ1v) is 14.2. The minimum atomic E-state index is -4.45. The predicted octanol–water partition coefficient (Wildman–Crippen LogP) is 5.86. The summed E-state index contributed by atoms with van der Waals surface area (Å²) in [6, 6.07) is 16.1. The predicted molar refractivity (Wildman–Crippen MR) is 145 cm³/mol. The van der Waals surface area contributed by atoms with Crippen molar-refractivity contribution < 1.29 is 26.4 Å². The molecule has 208 valence electrons. The van der Waals surface area contributed by atoms with Crippen LogP contribution in [0.15, 0.2) is 71.6 Å². The van der Waals surface area contributed by atoms with Crippen molar-refractivity contribution in [3.63, 3.8) is 0 Å². The molecule has 0 atom stereocenters. The van der Waals surface area contributed by atoms with Gasteiger partial charge in [0.15, 0.2) is 0 Å². The number of carbonyl (C=O) groups excluding carboxylic acids is 1. The van der Waals surface area contributed by atoms with Crippen molar-refractivity contribution in [3.8, 4) is 0 Å². The van der Waals surface area contributed by atoms with E-state index in [-0.39, 0.29) is 29.6 Å². The van der Waals surface area contributed by atoms with Crippen LogP contribution in [0.3, 0.4) is 0 Å². The van der Waals surface area contributed by atoms with Crippen molar-refractivity contribution in [2.45, 2.75) is 24.5 Å². The van der Waals surface area contributed by atoms with Crippen LogP contribution in [0.2, 0.25) is 10.0 Å². The Morgan fingerprint density at radius 3 is 2.23 bits per heavy atom. The molecule has 0 radical (unpaired) electrons. The normalized spacial score (nSPS) is 14.6. The van der Waals surface area contributed by atoms with E-state index in [0.29, 0.717) is 29.4 Å². The maximum Gasteiger partial charge on any atom is 0.416 e. The van der Waals surface area contributed by atoms with Gasteiger partial charge in [-0.15, -0.1) is 0 Å². The SMILES string of the molecule is Cc1ccc(S(=O)(=O)N(CC(=O)N2CCN(c3cccc(C(F)(F)F)c3)CC2)Cc2ccc(Cl)cc2Cl)cc1. The smallest absolute Gasteiger partial charge is 0.368 e. The van der Waals surface area contributed by atoms with Crippen LogP contribution < -0.4 is 4.90 Å². The first kappa shape index (κ1) is 29.2. The van der Waals surface area contributed by atoms with Gasteiger partial charge in [-0.05, 0) is 55.0 Å². The zero-order chi connectivity index (χ0) is 28.4. The highest BCUT2D eigenvalue weighted by Crippen LogP contribution is 2.32. The Bertz CT molecular complexity index is 1440. The third-order valence-electron chi connectivity index (χ3n) is 6.50. The summed E-state index contributed by atoms with van der Waals surface area (Å²) in [5.41, 5.74) is 1.05. The molecule has 1 aliphatic rings. The fraction of sp³-hybridized carbons (Fsp3) is 0.296. The molecule has 0 bridgehead atoms. The lowest BCUT2D eigenvalue weighted by Gasteiger charge is -2.37. The monoisotopic (exact) mass is 599 g/mol. The summed E-state index contributed by atoms with van der Waals surface area (Å²) in [6.07, 6.45) is -4.45. The lowest BCUT2D eigenvalue weighted by atomic mass is 10.1. The average molecular weight is 600 g/mol. The number of benzene rings is 3. The largest absolute Gasteiger partial charge is 0.416 e. The molecule has 0 spiro atoms. The Morgan fingerprint density at radius 2 is 1.62 bits per heavy atom. The van der Waals surface area contributed by atoms with E-state index in [1.54, 1.807) is 35.2 Å². The topological polar surface area (TPSA) is 60.9 Å². The van der Waals surface area contributed by atoms with Gasteiger partial charge in [-0.2, -0.15) is 17.5 Å². The second-order valence-electron chi connectivity index (χ2n) is 9.24. The summed E-state index contributed by atoms with van der Waals surface area (Å²) in [6.45, 7) is 2.33. The Kier molecular flexibility index (Phi) is 8.80. The minimum Gasteiger partial charge on any atom is -0.368 e. The fourth-order valence-corrected chi connectivity index (χ4v) is 6.10. The van der Waals surface area contributed by atoms with Crippen LogP contribution in [0.1, 0.15) is 16.7 Å². The van der Waals surface area contributed by atoms with E-state index in [4.69, 9.17) is 23.2 Å². The zero-order valence-electron chi connectivity index (χ0n) is 21.0. The lowest BCUT2D eigenvalue weighted by molar-refractivity contribution is -0.137. The highest BCUT2D eigenvalue weighted by molar-refractivity contribution is 7.89. The van der Waals surface area contributed by atoms with Crippen LogP contribution in [0.5, 0.6) is 0 Å². The number of rotatable bonds is 7. The number of sulfonamides is 1. The van der Waals surface area contributed by atoms with E-state index in [0.717, 1.165) is 22.0 Å². The molecule has 1 aliphatic heterocycles. The lowest BCUT2D eigenvalue weighted by Crippen LogP contribution is -2.51. The molecule has 6 nitrogen and oxygen atoms in total. The Hall–Kier alpha value is -2.79. The standard InChI is InChI=1S/C27H26Cl2F3N3O3S/c1-19-5-9-24(10-6-19)39(37,38)35(17-20-7-8-22(28)16-25(20)29)18-26(36)34-13-11-33(12-14-34)23-4-2-3-21(15-23)27(30,31)32/h2-10,15-16H,11-14,17-18H2,1H3. The van der Waals surface area contributed by atoms with Crippen LogP contribution in [-0.2, 0) is 27.5 Å². The second-order valence-corrected chi connectivity index (χ2v) is 12.0. The first-order valence-electron chi connectivity index (χ1n) is 12.1. The van der Waals surface area contributed by atoms with Gasteiger partial charge in [0.2, 0.25) is 15.9 Å². The number of hydrogen-bond acceptors (Lipinski definition) is 4. The molecule has 0 aliphatic carbocycles. The van der Waals surface area contributed by atoms with Gasteiger partial charge in [-0.1, -0.05) is 53.0 Å². The quantitative estimate of drug-likeness (QED) is 0.341. The summed E-state index contributed by atoms with van der Waals surface area (Å²) < 4.78 is 67.6. The summed E-state index contributed by atoms with van der Waals surface area (Å²) in [5.74, 6) is -0.417. The molecular weight excluding hydrogens is 574 g/mol. The van der Waals surface area contributed by atoms with Crippen LogP contribution in [0, 0.1) is 6.92 Å². The Morgan fingerprint density at radius 1 is 0.949 bits per heavy atom. The van der Waals surface area contributed by atoms with Gasteiger partial charge in [-0.3, -0.25) is 4.79 Å². The highest BCUT2D eigenvalue weighted by Gasteiger charge is 2.33. The summed E-state index contributed by atoms with van der Waals surface area (Å²) in [4.78, 5) is 16.6. The Balaban J connectivity index is 1.51. The first-order chi connectivity index (χ1) is 18.3. The van der Waals surface area contributed by atoms with Gasteiger partial charge in [0.05, 0.1) is 17.0 Å². The number of carbonyl (C=O) groups is 1. The number of amides is 1. The molecule has 1 heterocycles. The van der Waals surface area contributed by atoms with Crippen molar-refractivity contribution in [1.82, 2.24) is 9.21 Å². The van der Waals surface area contributed by atoms with Crippen LogP contribution >= 0.6 is 23.2 Å². The summed E-state index contributed by atoms with van der Waals surface area (Å²) in [5, 5.41) is 0.667. The second kappa shape index (κ2) is 11.8. The number of aryl methyl sites for hydroxylation is 1. The van der Waals surface area contributed by atoms with E-state index < -0.39 is 34.2 Å². The molecule has 3 aromatic rings. The van der Waals surface area contributed by atoms with Crippen molar-refractivity contribution in [2.24, 2.45) is 0 Å². The van der Waals surface area contributed by atoms with Crippen molar-refractivity contribution in [3.05, 3.63) is 93.5 Å². The van der Waals surface area contributed by atoms with Gasteiger partial charge in [0.1, 0.15) is 0 Å². The van der Waals surface area contributed by atoms with E-state index >= 15 is 0 Å². The van der Waals surface area contributed by atoms with E-state index in [2.05, 4.69) is 0 Å². The van der Waals surface area contributed by atoms with E-state index in [9.17, 15) is 26.4 Å². The minimum absolute atomic E-state index is 0.0420. The van der Waals surface area contributed by atoms with Gasteiger partial charge in [-0.25, -0.2) is 8.42 Å². The van der Waals surface area contributed by atoms with Crippen LogP contribution in [-0.4, -0.2) is 56.3 Å². The van der Waals surface area contributed by atoms with E-state index in [1.165, 1.54) is 29.2 Å². The molecule has 12 heteroatoms. The van der Waals surface area contributed by atoms with Crippen LogP contribution in [0.25, 0.3) is 0 Å². The average Bonchev–Trinajstić information content (AvgIpc) is 2.89. The van der Waals surface area contributed by atoms with Gasteiger partial charge >= 0.3 is 6.18 Å². The molecule has 1 amide bonds. The molecule has 0 N–H and O–H groups in total. The number of nitrogens with zero attached hydrogens (tertiary/aromatic N) is 3. The molecule has 1 saturated heterocycles. The third-order valence-corrected chi connectivity index (χ3v) is 8.90. The summed E-state index contributed by atoms with van der Waals surface area (Å²) >= 11 is 12.3. The molecule has 1 fully saturated rings. The van der Waals surface area contributed by atoms with Gasteiger partial charge < -0.3 is 9.80 Å². The molecular formula is C27H26Cl2F3N3O3S. The number of hydrogen-bond donors (Lipinski definition) is 0. The van der Waals surface area contributed by atoms with Crippen molar-refractivity contribution >= 4 is 44.8 Å². The van der Waals surface area contributed by atoms with E-state index in [1.807, 2.05) is 6.92 Å². The molecule has 39 heavy (non-hydrogen) atoms. The maximum atomic E-state index is 13.6. The Labute approximate surface area is 235 Å². The highest BCUT2D eigenvalue weighted by atomic mass is 35.5. The van der Waals surface area contributed by atoms with Crippen LogP contribution in [0.4, 0.5) is 18.9 Å². The third kappa shape index (κ3) is 7.05. The molecule has 4 rings (SSSR count). The maximum absolute atomic E-state index is 13.6. The molecule has 0 aromatic heterocycles. The molecule has 3 aromatic carbocycles. The molecule has 0 unspecified atom stereocenters. The summed E-state index contributed by atoms with van der Waals surface area (Å²) in [7, 11) is -4.07. The number of anilines is 1. The van der Waals surface area contributed by atoms with Gasteiger partial charge in [0, 0.05) is 48.5 Å². The van der Waals surface area contributed by atoms with Crippen molar-refractivity contribution in [2.75, 3.05) is 37.6 Å². The number of halogens is 5. The number of piperazine rings is 1. The zero-order valence-corrected chi connectivity index (χ0v) is 23.3.